The molecule has 0 bridgehead atoms. The van der Waals surface area contributed by atoms with E-state index in [1.807, 2.05) is 0 Å². The Bertz CT molecular complexity index is 9.65. The molecule has 0 aliphatic rings. The monoisotopic (exact) mass is 279 g/mol. The molecular weight excluding hydrogens is 277 g/mol. The Morgan fingerprint density at radius 3 is 0.429 bits per heavy atom. The van der Waals surface area contributed by atoms with Crippen molar-refractivity contribution in [1.82, 2.24) is 0 Å². The van der Waals surface area contributed by atoms with Gasteiger partial charge >= 0.3 is 0 Å². The molecule has 0 amide bonds. The van der Waals surface area contributed by atoms with Crippen LogP contribution in [-0.2, 0) is 19.5 Å². The van der Waals surface area contributed by atoms with Crippen molar-refractivity contribution in [3.05, 3.63) is 0 Å². The van der Waals surface area contributed by atoms with Crippen LogP contribution in [0.1, 0.15) is 0 Å². The Kier molecular flexibility index (Phi) is 3030. The van der Waals surface area contributed by atoms with Gasteiger partial charge in [0.15, 0.2) is 0 Å². The first kappa shape index (κ1) is 178. The van der Waals surface area contributed by atoms with Gasteiger partial charge in [-0.05, 0) is 0 Å². The van der Waals surface area contributed by atoms with Gasteiger partial charge in [0.1, 0.15) is 0 Å². The van der Waals surface area contributed by atoms with Crippen molar-refractivity contribution in [3.8, 4) is 0 Å². The minimum atomic E-state index is 0. The van der Waals surface area contributed by atoms with E-state index in [0.29, 0.717) is 0 Å². The molecule has 0 aromatic carbocycles. The molecule has 0 atom stereocenters. The summed E-state index contributed by atoms with van der Waals surface area (Å²) in [6.45, 7) is 0. The van der Waals surface area contributed by atoms with Crippen molar-refractivity contribution in [3.63, 3.8) is 0 Å². The number of hydrogen-bond acceptors (Lipinski definition) is 0. The number of hydrogen-bond donors (Lipinski definition) is 0. The molecule has 7 heavy (non-hydrogen) atoms. The van der Waals surface area contributed by atoms with Crippen LogP contribution in [0.15, 0.2) is 0 Å². The van der Waals surface area contributed by atoms with E-state index >= 15 is 0 Å². The third kappa shape index (κ3) is 86.4. The summed E-state index contributed by atoms with van der Waals surface area (Å²) in [5, 5.41) is 0. The van der Waals surface area contributed by atoms with Gasteiger partial charge in [-0.25, -0.2) is 0 Å². The van der Waals surface area contributed by atoms with Gasteiger partial charge in [-0.1, -0.05) is 0 Å². The van der Waals surface area contributed by atoms with Gasteiger partial charge in [0.05, 0.1) is 0 Å². The maximum absolute atomic E-state index is 0. The van der Waals surface area contributed by atoms with Gasteiger partial charge in [0.25, 0.3) is 0 Å². The first-order valence-corrected chi connectivity index (χ1v) is 0. The molecule has 0 spiro atoms. The molecule has 0 heterocycles. The Balaban J connectivity index is 0. The van der Waals surface area contributed by atoms with E-state index in [9.17, 15) is 0 Å². The second kappa shape index (κ2) is 119. The number of rotatable bonds is 0. The zero-order chi connectivity index (χ0) is 0. The average Bonchev–Trinajstić information content (AvgIpc) is 0. The SMILES string of the molecule is O.O.[Cl-].[Cl-].[Cl-].[Cl-].[Rh]. The van der Waals surface area contributed by atoms with Crippen molar-refractivity contribution in [2.24, 2.45) is 0 Å². The Labute approximate surface area is 79.8 Å². The fraction of sp³-hybridized carbons (Fsp3) is 0. The van der Waals surface area contributed by atoms with Crippen LogP contribution in [0.2, 0.25) is 0 Å². The molecule has 0 rings (SSSR count). The maximum Gasteiger partial charge on any atom is 0 e. The molecule has 0 aromatic rings. The summed E-state index contributed by atoms with van der Waals surface area (Å²) in [6, 6.07) is 0. The molecule has 0 aliphatic heterocycles. The van der Waals surface area contributed by atoms with Crippen molar-refractivity contribution in [2.75, 3.05) is 0 Å². The average molecular weight is 281 g/mol. The standard InChI is InChI=1S/4ClH.2H2O.Rh/h4*1H;2*1H2;/p-4. The largest absolute Gasteiger partial charge is 1.00 e. The van der Waals surface area contributed by atoms with Crippen molar-refractivity contribution in [2.45, 2.75) is 0 Å². The summed E-state index contributed by atoms with van der Waals surface area (Å²) < 4.78 is 0. The van der Waals surface area contributed by atoms with E-state index in [1.165, 1.54) is 0 Å². The van der Waals surface area contributed by atoms with Crippen molar-refractivity contribution >= 4 is 0 Å². The second-order valence-corrected chi connectivity index (χ2v) is 0. The van der Waals surface area contributed by atoms with E-state index in [-0.39, 0.29) is 80.1 Å². The molecule has 1 radical (unpaired) electrons. The maximum atomic E-state index is 0. The van der Waals surface area contributed by atoms with Crippen molar-refractivity contribution in [1.29, 1.82) is 0 Å². The molecular formula is H4Cl4O2Rh-4. The number of halogens is 4. The molecule has 0 saturated heterocycles. The van der Waals surface area contributed by atoms with Crippen molar-refractivity contribution < 1.29 is 80.1 Å². The first-order chi connectivity index (χ1) is 0. The minimum absolute atomic E-state index is 0. The van der Waals surface area contributed by atoms with Crippen LogP contribution in [-0.4, -0.2) is 11.0 Å². The molecule has 0 unspecified atom stereocenters. The summed E-state index contributed by atoms with van der Waals surface area (Å²) in [7, 11) is 0. The van der Waals surface area contributed by atoms with Gasteiger partial charge in [-0.15, -0.1) is 0 Å². The van der Waals surface area contributed by atoms with Crippen LogP contribution in [0.25, 0.3) is 0 Å². The van der Waals surface area contributed by atoms with Crippen LogP contribution < -0.4 is 49.6 Å². The normalized spacial score (nSPS) is 0. The van der Waals surface area contributed by atoms with Gasteiger partial charge in [0, 0.05) is 19.5 Å². The van der Waals surface area contributed by atoms with E-state index in [0.717, 1.165) is 0 Å². The predicted octanol–water partition coefficient (Wildman–Crippen LogP) is -13.6. The molecule has 2 nitrogen and oxygen atoms in total. The molecule has 7 heteroatoms. The topological polar surface area (TPSA) is 63.0 Å². The zero-order valence-corrected chi connectivity index (χ0v) is 7.51. The van der Waals surface area contributed by atoms with Gasteiger partial charge in [-0.2, -0.15) is 0 Å². The van der Waals surface area contributed by atoms with Crippen LogP contribution in [0.3, 0.4) is 0 Å². The summed E-state index contributed by atoms with van der Waals surface area (Å²) in [5.41, 5.74) is 0. The van der Waals surface area contributed by atoms with Gasteiger partial charge in [-0.3, -0.25) is 0 Å². The molecule has 0 fully saturated rings. The Morgan fingerprint density at radius 2 is 0.429 bits per heavy atom. The van der Waals surface area contributed by atoms with E-state index in [2.05, 4.69) is 0 Å². The summed E-state index contributed by atoms with van der Waals surface area (Å²) >= 11 is 0. The fourth-order valence-corrected chi connectivity index (χ4v) is 0. The first-order valence-electron chi connectivity index (χ1n) is 0. The molecule has 0 saturated carbocycles. The van der Waals surface area contributed by atoms with Crippen LogP contribution in [0.5, 0.6) is 0 Å². The minimum Gasteiger partial charge on any atom is -1.00 e. The van der Waals surface area contributed by atoms with Crippen LogP contribution in [0, 0.1) is 0 Å². The van der Waals surface area contributed by atoms with Crippen LogP contribution >= 0.6 is 0 Å². The molecule has 57 valence electrons. The third-order valence-corrected chi connectivity index (χ3v) is 0. The smallest absolute Gasteiger partial charge is 0 e. The van der Waals surface area contributed by atoms with E-state index in [4.69, 9.17) is 0 Å². The molecule has 0 aliphatic carbocycles. The second-order valence-electron chi connectivity index (χ2n) is 0. The summed E-state index contributed by atoms with van der Waals surface area (Å²) in [6.07, 6.45) is 0. The van der Waals surface area contributed by atoms with E-state index in [1.54, 1.807) is 0 Å². The third-order valence-electron chi connectivity index (χ3n) is 0. The fourth-order valence-electron chi connectivity index (χ4n) is 0. The van der Waals surface area contributed by atoms with E-state index < -0.39 is 0 Å². The Morgan fingerprint density at radius 1 is 0.429 bits per heavy atom. The van der Waals surface area contributed by atoms with Crippen LogP contribution in [0.4, 0.5) is 0 Å². The zero-order valence-electron chi connectivity index (χ0n) is 2.85. The molecule has 0 aromatic heterocycles. The van der Waals surface area contributed by atoms with Gasteiger partial charge < -0.3 is 60.6 Å². The quantitative estimate of drug-likeness (QED) is 0.396. The Hall–Kier alpha value is 1.70. The van der Waals surface area contributed by atoms with Gasteiger partial charge in [0.2, 0.25) is 0 Å². The molecule has 4 N–H and O–H groups in total. The summed E-state index contributed by atoms with van der Waals surface area (Å²) in [5.74, 6) is 0. The predicted molar refractivity (Wildman–Crippen MR) is 7.23 cm³/mol. The summed E-state index contributed by atoms with van der Waals surface area (Å²) in [4.78, 5) is 0.